The fourth-order valence-corrected chi connectivity index (χ4v) is 2.91. The van der Waals surface area contributed by atoms with Crippen molar-refractivity contribution in [2.24, 2.45) is 16.5 Å². The number of nitrogens with two attached hydrogens (primary N) is 2. The SMILES string of the molecule is CC(=O)O.CCCCCCCCCCCCCCCC(=O)NCCCN=C(N)N. The van der Waals surface area contributed by atoms with Crippen LogP contribution in [-0.4, -0.2) is 36.0 Å². The van der Waals surface area contributed by atoms with Crippen LogP contribution in [0, 0.1) is 0 Å². The number of carbonyl (C=O) groups excluding carboxylic acids is 1. The Morgan fingerprint density at radius 1 is 0.793 bits per heavy atom. The first-order chi connectivity index (χ1) is 13.9. The van der Waals surface area contributed by atoms with Gasteiger partial charge in [-0.3, -0.25) is 14.6 Å². The molecule has 7 nitrogen and oxygen atoms in total. The first-order valence-electron chi connectivity index (χ1n) is 11.4. The number of amides is 1. The molecule has 0 atom stereocenters. The molecule has 0 unspecified atom stereocenters. The molecule has 0 bridgehead atoms. The van der Waals surface area contributed by atoms with Crippen molar-refractivity contribution in [2.45, 2.75) is 110 Å². The Balaban J connectivity index is 0. The molecule has 0 heterocycles. The van der Waals surface area contributed by atoms with Crippen LogP contribution in [0.4, 0.5) is 0 Å². The highest BCUT2D eigenvalue weighted by Gasteiger charge is 2.00. The summed E-state index contributed by atoms with van der Waals surface area (Å²) in [4.78, 5) is 24.5. The molecule has 0 aromatic carbocycles. The lowest BCUT2D eigenvalue weighted by Crippen LogP contribution is -2.26. The molecule has 0 aliphatic carbocycles. The van der Waals surface area contributed by atoms with E-state index in [9.17, 15) is 4.79 Å². The maximum atomic E-state index is 11.6. The van der Waals surface area contributed by atoms with Gasteiger partial charge in [-0.2, -0.15) is 0 Å². The third kappa shape index (κ3) is 34.1. The summed E-state index contributed by atoms with van der Waals surface area (Å²) in [6.07, 6.45) is 18.7. The highest BCUT2D eigenvalue weighted by molar-refractivity contribution is 5.76. The lowest BCUT2D eigenvalue weighted by atomic mass is 10.0. The minimum absolute atomic E-state index is 0.110. The van der Waals surface area contributed by atoms with Crippen molar-refractivity contribution in [3.63, 3.8) is 0 Å². The van der Waals surface area contributed by atoms with Gasteiger partial charge in [0.25, 0.3) is 5.97 Å². The molecule has 0 saturated heterocycles. The second-order valence-electron chi connectivity index (χ2n) is 7.52. The van der Waals surface area contributed by atoms with Gasteiger partial charge in [0.2, 0.25) is 5.91 Å². The van der Waals surface area contributed by atoms with Gasteiger partial charge in [0.1, 0.15) is 0 Å². The van der Waals surface area contributed by atoms with Crippen molar-refractivity contribution >= 4 is 17.8 Å². The number of carboxylic acids is 1. The van der Waals surface area contributed by atoms with E-state index >= 15 is 0 Å². The van der Waals surface area contributed by atoms with Gasteiger partial charge in [-0.15, -0.1) is 0 Å². The smallest absolute Gasteiger partial charge is 0.300 e. The number of hydrogen-bond donors (Lipinski definition) is 4. The summed E-state index contributed by atoms with van der Waals surface area (Å²) in [5, 5.41) is 10.3. The molecule has 0 saturated carbocycles. The number of aliphatic carboxylic acids is 1. The van der Waals surface area contributed by atoms with E-state index in [1.54, 1.807) is 0 Å². The lowest BCUT2D eigenvalue weighted by molar-refractivity contribution is -0.134. The van der Waals surface area contributed by atoms with E-state index in [1.165, 1.54) is 77.0 Å². The molecular weight excluding hydrogens is 368 g/mol. The number of aliphatic imine (C=N–C) groups is 1. The zero-order valence-corrected chi connectivity index (χ0v) is 18.9. The molecule has 0 aromatic heterocycles. The van der Waals surface area contributed by atoms with Crippen LogP contribution >= 0.6 is 0 Å². The van der Waals surface area contributed by atoms with Crippen LogP contribution in [0.2, 0.25) is 0 Å². The molecule has 0 aliphatic rings. The normalized spacial score (nSPS) is 10.0. The maximum Gasteiger partial charge on any atom is 0.300 e. The summed E-state index contributed by atoms with van der Waals surface area (Å²) in [6.45, 7) is 4.57. The summed E-state index contributed by atoms with van der Waals surface area (Å²) in [5.41, 5.74) is 10.5. The van der Waals surface area contributed by atoms with E-state index in [4.69, 9.17) is 21.4 Å². The van der Waals surface area contributed by atoms with Crippen LogP contribution in [0.5, 0.6) is 0 Å². The van der Waals surface area contributed by atoms with Gasteiger partial charge in [0.05, 0.1) is 0 Å². The number of guanidine groups is 1. The molecule has 172 valence electrons. The van der Waals surface area contributed by atoms with Gasteiger partial charge >= 0.3 is 0 Å². The first kappa shape index (κ1) is 29.4. The summed E-state index contributed by atoms with van der Waals surface area (Å²) in [6, 6.07) is 0. The molecular formula is C22H46N4O3. The zero-order chi connectivity index (χ0) is 22.2. The summed E-state index contributed by atoms with van der Waals surface area (Å²) in [7, 11) is 0. The van der Waals surface area contributed by atoms with Crippen LogP contribution < -0.4 is 16.8 Å². The predicted octanol–water partition coefficient (Wildman–Crippen LogP) is 4.34. The quantitative estimate of drug-likeness (QED) is 0.150. The van der Waals surface area contributed by atoms with E-state index in [0.29, 0.717) is 19.5 Å². The van der Waals surface area contributed by atoms with Crippen molar-refractivity contribution in [2.75, 3.05) is 13.1 Å². The van der Waals surface area contributed by atoms with E-state index in [0.717, 1.165) is 19.8 Å². The second-order valence-corrected chi connectivity index (χ2v) is 7.52. The van der Waals surface area contributed by atoms with E-state index in [1.807, 2.05) is 0 Å². The summed E-state index contributed by atoms with van der Waals surface area (Å²) in [5.74, 6) is -0.578. The highest BCUT2D eigenvalue weighted by Crippen LogP contribution is 2.12. The Hall–Kier alpha value is -1.79. The van der Waals surface area contributed by atoms with Gasteiger partial charge < -0.3 is 21.9 Å². The van der Waals surface area contributed by atoms with Crippen LogP contribution in [-0.2, 0) is 9.59 Å². The van der Waals surface area contributed by atoms with Crippen LogP contribution in [0.3, 0.4) is 0 Å². The average Bonchev–Trinajstić information content (AvgIpc) is 2.64. The molecule has 0 aliphatic heterocycles. The van der Waals surface area contributed by atoms with E-state index < -0.39 is 5.97 Å². The molecule has 6 N–H and O–H groups in total. The zero-order valence-electron chi connectivity index (χ0n) is 18.9. The number of rotatable bonds is 18. The predicted molar refractivity (Wildman–Crippen MR) is 122 cm³/mol. The van der Waals surface area contributed by atoms with Gasteiger partial charge in [-0.25, -0.2) is 0 Å². The lowest BCUT2D eigenvalue weighted by Gasteiger charge is -2.05. The minimum Gasteiger partial charge on any atom is -0.481 e. The van der Waals surface area contributed by atoms with Gasteiger partial charge in [0.15, 0.2) is 5.96 Å². The molecule has 0 fully saturated rings. The van der Waals surface area contributed by atoms with Crippen molar-refractivity contribution in [1.82, 2.24) is 5.32 Å². The van der Waals surface area contributed by atoms with Crippen LogP contribution in [0.1, 0.15) is 110 Å². The molecule has 0 radical (unpaired) electrons. The topological polar surface area (TPSA) is 131 Å². The first-order valence-corrected chi connectivity index (χ1v) is 11.4. The molecule has 1 amide bonds. The number of carboxylic acid groups (broad SMARTS) is 1. The highest BCUT2D eigenvalue weighted by atomic mass is 16.4. The number of hydrogen-bond acceptors (Lipinski definition) is 3. The largest absolute Gasteiger partial charge is 0.481 e. The second kappa shape index (κ2) is 24.2. The fourth-order valence-electron chi connectivity index (χ4n) is 2.91. The molecule has 7 heteroatoms. The molecule has 29 heavy (non-hydrogen) atoms. The van der Waals surface area contributed by atoms with Crippen LogP contribution in [0.15, 0.2) is 4.99 Å². The number of carbonyl (C=O) groups is 2. The van der Waals surface area contributed by atoms with Gasteiger partial charge in [-0.1, -0.05) is 84.0 Å². The standard InChI is InChI=1S/C20H42N4O.C2H4O2/c1-2-3-4-5-6-7-8-9-10-11-12-13-14-16-19(25)23-17-15-18-24-20(21)22;1-2(3)4/h2-18H2,1H3,(H,23,25)(H4,21,22,24);1H3,(H,3,4). The van der Waals surface area contributed by atoms with Gasteiger partial charge in [-0.05, 0) is 12.8 Å². The Morgan fingerprint density at radius 3 is 1.62 bits per heavy atom. The van der Waals surface area contributed by atoms with Crippen LogP contribution in [0.25, 0.3) is 0 Å². The van der Waals surface area contributed by atoms with Crippen molar-refractivity contribution in [3.8, 4) is 0 Å². The third-order valence-corrected chi connectivity index (χ3v) is 4.46. The summed E-state index contributed by atoms with van der Waals surface area (Å²) >= 11 is 0. The molecule has 0 rings (SSSR count). The maximum absolute atomic E-state index is 11.6. The molecule has 0 aromatic rings. The Labute approximate surface area is 178 Å². The van der Waals surface area contributed by atoms with Gasteiger partial charge in [0, 0.05) is 26.4 Å². The average molecular weight is 415 g/mol. The summed E-state index contributed by atoms with van der Waals surface area (Å²) < 4.78 is 0. The van der Waals surface area contributed by atoms with Crippen molar-refractivity contribution in [3.05, 3.63) is 0 Å². The molecule has 0 spiro atoms. The van der Waals surface area contributed by atoms with Crippen molar-refractivity contribution in [1.29, 1.82) is 0 Å². The number of unbranched alkanes of at least 4 members (excludes halogenated alkanes) is 12. The minimum atomic E-state index is -0.833. The monoisotopic (exact) mass is 414 g/mol. The third-order valence-electron chi connectivity index (χ3n) is 4.46. The number of nitrogens with one attached hydrogen (secondary N) is 1. The van der Waals surface area contributed by atoms with E-state index in [-0.39, 0.29) is 11.9 Å². The Morgan fingerprint density at radius 2 is 1.21 bits per heavy atom. The van der Waals surface area contributed by atoms with E-state index in [2.05, 4.69) is 17.2 Å². The fraction of sp³-hybridized carbons (Fsp3) is 0.864. The Kier molecular flexibility index (Phi) is 24.6. The number of nitrogens with zero attached hydrogens (tertiary/aromatic N) is 1. The Bertz CT molecular complexity index is 407. The van der Waals surface area contributed by atoms with Crippen molar-refractivity contribution < 1.29 is 14.7 Å².